The Morgan fingerprint density at radius 3 is 1.16 bits per heavy atom. The lowest BCUT2D eigenvalue weighted by Gasteiger charge is -2.27. The largest absolute Gasteiger partial charge is 0.310 e. The molecule has 0 aliphatic heterocycles. The average Bonchev–Trinajstić information content (AvgIpc) is 3.59. The van der Waals surface area contributed by atoms with Crippen LogP contribution in [0.25, 0.3) is 98.4 Å². The fraction of sp³-hybridized carbons (Fsp3) is 0. The fourth-order valence-corrected chi connectivity index (χ4v) is 9.76. The summed E-state index contributed by atoms with van der Waals surface area (Å²) in [5.41, 5.74) is 13.9. The van der Waals surface area contributed by atoms with E-state index in [0.29, 0.717) is 0 Å². The molecule has 0 saturated heterocycles. The van der Waals surface area contributed by atoms with Crippen LogP contribution in [0.3, 0.4) is 0 Å². The molecule has 254 valence electrons. The van der Waals surface area contributed by atoms with Gasteiger partial charge in [-0.1, -0.05) is 170 Å². The van der Waals surface area contributed by atoms with Crippen molar-refractivity contribution >= 4 is 70.9 Å². The van der Waals surface area contributed by atoms with Gasteiger partial charge in [-0.2, -0.15) is 0 Å². The van der Waals surface area contributed by atoms with Crippen molar-refractivity contribution in [2.75, 3.05) is 4.90 Å². The van der Waals surface area contributed by atoms with Crippen molar-refractivity contribution in [1.29, 1.82) is 0 Å². The van der Waals surface area contributed by atoms with Crippen molar-refractivity contribution in [1.82, 2.24) is 0 Å². The molecule has 0 bridgehead atoms. The summed E-state index contributed by atoms with van der Waals surface area (Å²) in [6, 6.07) is 73.7. The number of nitrogens with zero attached hydrogens (tertiary/aromatic N) is 1. The van der Waals surface area contributed by atoms with E-state index in [4.69, 9.17) is 0 Å². The third-order valence-electron chi connectivity index (χ3n) is 11.9. The topological polar surface area (TPSA) is 3.24 Å². The summed E-state index contributed by atoms with van der Waals surface area (Å²) in [5, 5.41) is 13.0. The molecule has 0 fully saturated rings. The van der Waals surface area contributed by atoms with Gasteiger partial charge in [-0.25, -0.2) is 0 Å². The van der Waals surface area contributed by atoms with Crippen molar-refractivity contribution in [3.63, 3.8) is 0 Å². The van der Waals surface area contributed by atoms with Crippen LogP contribution >= 0.6 is 0 Å². The average molecular weight is 696 g/mol. The maximum absolute atomic E-state index is 2.42. The highest BCUT2D eigenvalue weighted by atomic mass is 15.1. The first-order valence-corrected chi connectivity index (χ1v) is 19.1. The van der Waals surface area contributed by atoms with E-state index in [1.807, 2.05) is 0 Å². The highest BCUT2D eigenvalue weighted by Crippen LogP contribution is 2.59. The van der Waals surface area contributed by atoms with Crippen molar-refractivity contribution in [2.45, 2.75) is 0 Å². The van der Waals surface area contributed by atoms with Crippen LogP contribution in [0.15, 0.2) is 200 Å². The highest BCUT2D eigenvalue weighted by Gasteiger charge is 2.32. The zero-order valence-corrected chi connectivity index (χ0v) is 30.0. The van der Waals surface area contributed by atoms with E-state index in [-0.39, 0.29) is 0 Å². The van der Waals surface area contributed by atoms with E-state index in [9.17, 15) is 0 Å². The lowest BCUT2D eigenvalue weighted by atomic mass is 9.82. The number of hydrogen-bond acceptors (Lipinski definition) is 1. The summed E-state index contributed by atoms with van der Waals surface area (Å²) in [6.45, 7) is 0. The molecule has 1 aliphatic carbocycles. The summed E-state index contributed by atoms with van der Waals surface area (Å²) in [6.07, 6.45) is 0. The van der Waals surface area contributed by atoms with Gasteiger partial charge in [0.2, 0.25) is 0 Å². The van der Waals surface area contributed by atoms with Crippen molar-refractivity contribution < 1.29 is 0 Å². The summed E-state index contributed by atoms with van der Waals surface area (Å²) in [4.78, 5) is 2.39. The van der Waals surface area contributed by atoms with E-state index >= 15 is 0 Å². The van der Waals surface area contributed by atoms with Crippen LogP contribution in [-0.2, 0) is 0 Å². The van der Waals surface area contributed by atoms with Gasteiger partial charge in [-0.05, 0) is 123 Å². The van der Waals surface area contributed by atoms with Crippen LogP contribution in [0.1, 0.15) is 0 Å². The third-order valence-corrected chi connectivity index (χ3v) is 11.9. The monoisotopic (exact) mass is 695 g/mol. The quantitative estimate of drug-likeness (QED) is 0.128. The van der Waals surface area contributed by atoms with E-state index in [0.717, 1.165) is 11.4 Å². The van der Waals surface area contributed by atoms with Gasteiger partial charge in [-0.3, -0.25) is 0 Å². The number of rotatable bonds is 5. The number of para-hydroxylation sites is 2. The number of benzene rings is 11. The fourth-order valence-electron chi connectivity index (χ4n) is 9.76. The first-order chi connectivity index (χ1) is 27.3. The molecule has 12 rings (SSSR count). The van der Waals surface area contributed by atoms with Gasteiger partial charge in [0.25, 0.3) is 0 Å². The zero-order chi connectivity index (χ0) is 36.0. The lowest BCUT2D eigenvalue weighted by molar-refractivity contribution is 1.30. The van der Waals surface area contributed by atoms with Crippen LogP contribution < -0.4 is 4.90 Å². The van der Waals surface area contributed by atoms with Gasteiger partial charge < -0.3 is 4.90 Å². The van der Waals surface area contributed by atoms with E-state index < -0.39 is 0 Å². The summed E-state index contributed by atoms with van der Waals surface area (Å²) in [7, 11) is 0. The van der Waals surface area contributed by atoms with E-state index in [2.05, 4.69) is 205 Å². The van der Waals surface area contributed by atoms with Crippen LogP contribution in [0.2, 0.25) is 0 Å². The van der Waals surface area contributed by atoms with Gasteiger partial charge >= 0.3 is 0 Å². The predicted octanol–water partition coefficient (Wildman–Crippen LogP) is 15.3. The second-order valence-electron chi connectivity index (χ2n) is 14.7. The Labute approximate surface area is 319 Å². The molecule has 55 heavy (non-hydrogen) atoms. The molecule has 0 amide bonds. The van der Waals surface area contributed by atoms with Crippen molar-refractivity contribution in [3.05, 3.63) is 200 Å². The van der Waals surface area contributed by atoms with E-state index in [1.54, 1.807) is 0 Å². The van der Waals surface area contributed by atoms with Gasteiger partial charge in [0.05, 0.1) is 5.69 Å². The molecular weight excluding hydrogens is 663 g/mol. The standard InChI is InChI=1S/C54H33N/c1-5-16-34(17-6-1)48-38-24-13-14-25-39(38)49(35-18-7-2-8-19-35)54-46-31-29-43-41-32-33-47(55(36-20-9-3-10-21-36)37-22-11-4-12-23-37)44-27-15-26-40(50(41)44)42-28-30-45(53(48)54)52(46)51(42)43/h1-33H. The van der Waals surface area contributed by atoms with Crippen molar-refractivity contribution in [3.8, 4) is 44.5 Å². The Kier molecular flexibility index (Phi) is 6.40. The Morgan fingerprint density at radius 2 is 0.636 bits per heavy atom. The van der Waals surface area contributed by atoms with Gasteiger partial charge in [0.1, 0.15) is 0 Å². The van der Waals surface area contributed by atoms with Crippen LogP contribution in [0.5, 0.6) is 0 Å². The second kappa shape index (κ2) is 11.6. The Bertz CT molecular complexity index is 3100. The first kappa shape index (κ1) is 30.3. The molecule has 1 nitrogen and oxygen atoms in total. The molecule has 0 unspecified atom stereocenters. The smallest absolute Gasteiger partial charge is 0.0540 e. The van der Waals surface area contributed by atoms with Crippen LogP contribution in [-0.4, -0.2) is 0 Å². The number of hydrogen-bond donors (Lipinski definition) is 0. The molecule has 0 atom stereocenters. The highest BCUT2D eigenvalue weighted by molar-refractivity contribution is 6.39. The normalized spacial score (nSPS) is 12.0. The third kappa shape index (κ3) is 4.24. The molecule has 1 aliphatic rings. The molecule has 0 heterocycles. The molecule has 0 saturated carbocycles. The molecular formula is C54H33N. The number of fused-ring (bicyclic) bond motifs is 6. The van der Waals surface area contributed by atoms with Crippen LogP contribution in [0.4, 0.5) is 17.1 Å². The Morgan fingerprint density at radius 1 is 0.236 bits per heavy atom. The van der Waals surface area contributed by atoms with Crippen molar-refractivity contribution in [2.24, 2.45) is 0 Å². The van der Waals surface area contributed by atoms with Gasteiger partial charge in [0.15, 0.2) is 0 Å². The molecule has 0 radical (unpaired) electrons. The van der Waals surface area contributed by atoms with Gasteiger partial charge in [0, 0.05) is 16.8 Å². The van der Waals surface area contributed by atoms with E-state index in [1.165, 1.54) is 104 Å². The molecule has 0 aromatic heterocycles. The summed E-state index contributed by atoms with van der Waals surface area (Å²) < 4.78 is 0. The number of anilines is 3. The predicted molar refractivity (Wildman–Crippen MR) is 235 cm³/mol. The minimum atomic E-state index is 1.14. The Balaban J connectivity index is 1.21. The molecule has 0 spiro atoms. The maximum Gasteiger partial charge on any atom is 0.0540 e. The van der Waals surface area contributed by atoms with Crippen LogP contribution in [0, 0.1) is 0 Å². The minimum absolute atomic E-state index is 1.14. The maximum atomic E-state index is 2.42. The lowest BCUT2D eigenvalue weighted by Crippen LogP contribution is -2.10. The second-order valence-corrected chi connectivity index (χ2v) is 14.7. The molecule has 11 aromatic rings. The zero-order valence-electron chi connectivity index (χ0n) is 30.0. The first-order valence-electron chi connectivity index (χ1n) is 19.1. The summed E-state index contributed by atoms with van der Waals surface area (Å²) >= 11 is 0. The Hall–Kier alpha value is -7.22. The summed E-state index contributed by atoms with van der Waals surface area (Å²) in [5.74, 6) is 0. The minimum Gasteiger partial charge on any atom is -0.310 e. The molecule has 1 heteroatoms. The molecule has 11 aromatic carbocycles. The molecule has 0 N–H and O–H groups in total. The SMILES string of the molecule is c1ccc(-c2c3c(c(-c4ccccc4)c4ccccc24)-c2ccc4c5ccc(N(c6ccccc6)c6ccccc6)c6cccc(c7ccc-3c2c74)c65)cc1. The van der Waals surface area contributed by atoms with Gasteiger partial charge in [-0.15, -0.1) is 0 Å².